The summed E-state index contributed by atoms with van der Waals surface area (Å²) in [5, 5.41) is 5.98. The minimum Gasteiger partial charge on any atom is -0.343 e. The van der Waals surface area contributed by atoms with E-state index in [2.05, 4.69) is 10.3 Å². The molecule has 0 fully saturated rings. The summed E-state index contributed by atoms with van der Waals surface area (Å²) in [7, 11) is 0. The highest BCUT2D eigenvalue weighted by atomic mass is 35.5. The van der Waals surface area contributed by atoms with Gasteiger partial charge in [0.15, 0.2) is 5.11 Å². The van der Waals surface area contributed by atoms with Crippen LogP contribution >= 0.6 is 36.2 Å². The third-order valence-electron chi connectivity index (χ3n) is 3.94. The van der Waals surface area contributed by atoms with Gasteiger partial charge in [-0.25, -0.2) is 4.39 Å². The minimum absolute atomic E-state index is 0. The van der Waals surface area contributed by atoms with E-state index in [4.69, 9.17) is 29.6 Å². The number of benzene rings is 2. The molecule has 0 aliphatic carbocycles. The Morgan fingerprint density at radius 1 is 1.19 bits per heavy atom. The van der Waals surface area contributed by atoms with Gasteiger partial charge in [0, 0.05) is 43.1 Å². The average Bonchev–Trinajstić information content (AvgIpc) is 2.64. The molecular weight excluding hydrogens is 406 g/mol. The van der Waals surface area contributed by atoms with Crippen LogP contribution in [0, 0.1) is 5.82 Å². The van der Waals surface area contributed by atoms with E-state index in [1.165, 1.54) is 6.07 Å². The standard InChI is InChI=1S/C19H18ClFN4S.ClH/c20-17-4-1-13(9-18(17)21)12-25(8-6-22)19(26)24-16-3-2-15-11-23-7-5-14(15)10-16;/h1-5,7,9-11H,6,8,12,22H2,(H,24,26);1H. The molecule has 0 atom stereocenters. The van der Waals surface area contributed by atoms with Crippen LogP contribution in [0.5, 0.6) is 0 Å². The number of fused-ring (bicyclic) bond motifs is 1. The van der Waals surface area contributed by atoms with Gasteiger partial charge in [-0.3, -0.25) is 4.98 Å². The molecule has 4 nitrogen and oxygen atoms in total. The molecule has 1 aromatic heterocycles. The number of pyridine rings is 1. The van der Waals surface area contributed by atoms with E-state index in [0.717, 1.165) is 22.0 Å². The van der Waals surface area contributed by atoms with Crippen LogP contribution in [0.2, 0.25) is 5.02 Å². The number of hydrogen-bond donors (Lipinski definition) is 2. The van der Waals surface area contributed by atoms with Crippen LogP contribution in [0.15, 0.2) is 54.9 Å². The van der Waals surface area contributed by atoms with Gasteiger partial charge in [0.1, 0.15) is 5.82 Å². The first kappa shape index (κ1) is 21.3. The zero-order valence-corrected chi connectivity index (χ0v) is 16.8. The number of aromatic nitrogens is 1. The molecule has 2 aromatic carbocycles. The molecular formula is C19H19Cl2FN4S. The van der Waals surface area contributed by atoms with Crippen molar-refractivity contribution >= 4 is 57.8 Å². The largest absolute Gasteiger partial charge is 0.343 e. The number of rotatable bonds is 5. The van der Waals surface area contributed by atoms with Crippen LogP contribution in [-0.2, 0) is 6.54 Å². The van der Waals surface area contributed by atoms with Crippen molar-refractivity contribution in [3.63, 3.8) is 0 Å². The van der Waals surface area contributed by atoms with Gasteiger partial charge in [0.2, 0.25) is 0 Å². The second kappa shape index (κ2) is 9.80. The van der Waals surface area contributed by atoms with Crippen molar-refractivity contribution in [1.29, 1.82) is 0 Å². The molecule has 0 unspecified atom stereocenters. The number of nitrogens with two attached hydrogens (primary N) is 1. The van der Waals surface area contributed by atoms with E-state index < -0.39 is 5.82 Å². The molecule has 0 aliphatic rings. The van der Waals surface area contributed by atoms with Crippen molar-refractivity contribution in [2.24, 2.45) is 5.73 Å². The fraction of sp³-hybridized carbons (Fsp3) is 0.158. The predicted octanol–water partition coefficient (Wildman–Crippen LogP) is 4.61. The molecule has 3 rings (SSSR count). The first-order chi connectivity index (χ1) is 12.6. The predicted molar refractivity (Wildman–Crippen MR) is 116 cm³/mol. The number of halogens is 3. The van der Waals surface area contributed by atoms with Gasteiger partial charge in [-0.05, 0) is 53.5 Å². The van der Waals surface area contributed by atoms with Gasteiger partial charge in [-0.2, -0.15) is 0 Å². The van der Waals surface area contributed by atoms with Crippen molar-refractivity contribution in [1.82, 2.24) is 9.88 Å². The number of anilines is 1. The minimum atomic E-state index is -0.445. The van der Waals surface area contributed by atoms with Crippen LogP contribution in [0.25, 0.3) is 10.8 Å². The van der Waals surface area contributed by atoms with E-state index in [-0.39, 0.29) is 17.4 Å². The van der Waals surface area contributed by atoms with Crippen molar-refractivity contribution in [3.8, 4) is 0 Å². The quantitative estimate of drug-likeness (QED) is 0.585. The highest BCUT2D eigenvalue weighted by molar-refractivity contribution is 7.80. The summed E-state index contributed by atoms with van der Waals surface area (Å²) in [6.07, 6.45) is 3.56. The smallest absolute Gasteiger partial charge is 0.173 e. The molecule has 0 radical (unpaired) electrons. The molecule has 0 bridgehead atoms. The lowest BCUT2D eigenvalue weighted by Gasteiger charge is -2.25. The maximum absolute atomic E-state index is 13.7. The van der Waals surface area contributed by atoms with E-state index in [9.17, 15) is 4.39 Å². The Hall–Kier alpha value is -1.99. The second-order valence-corrected chi connectivity index (χ2v) is 6.62. The maximum Gasteiger partial charge on any atom is 0.173 e. The van der Waals surface area contributed by atoms with Crippen molar-refractivity contribution in [2.75, 3.05) is 18.4 Å². The Morgan fingerprint density at radius 3 is 2.74 bits per heavy atom. The van der Waals surface area contributed by atoms with Gasteiger partial charge in [0.25, 0.3) is 0 Å². The highest BCUT2D eigenvalue weighted by Gasteiger charge is 2.12. The lowest BCUT2D eigenvalue weighted by molar-refractivity contribution is 0.428. The number of hydrogen-bond acceptors (Lipinski definition) is 3. The molecule has 8 heteroatoms. The zero-order valence-electron chi connectivity index (χ0n) is 14.4. The Bertz CT molecular complexity index is 938. The second-order valence-electron chi connectivity index (χ2n) is 5.83. The number of nitrogens with zero attached hydrogens (tertiary/aromatic N) is 2. The first-order valence-electron chi connectivity index (χ1n) is 8.10. The highest BCUT2D eigenvalue weighted by Crippen LogP contribution is 2.20. The van der Waals surface area contributed by atoms with Crippen LogP contribution in [-0.4, -0.2) is 28.1 Å². The monoisotopic (exact) mass is 424 g/mol. The summed E-state index contributed by atoms with van der Waals surface area (Å²) in [4.78, 5) is 6.01. The maximum atomic E-state index is 13.7. The Morgan fingerprint density at radius 2 is 2.00 bits per heavy atom. The van der Waals surface area contributed by atoms with Gasteiger partial charge >= 0.3 is 0 Å². The Balaban J connectivity index is 0.00000261. The number of nitrogens with one attached hydrogen (secondary N) is 1. The topological polar surface area (TPSA) is 54.2 Å². The average molecular weight is 425 g/mol. The normalized spacial score (nSPS) is 10.3. The summed E-state index contributed by atoms with van der Waals surface area (Å²) < 4.78 is 13.7. The molecule has 0 aliphatic heterocycles. The van der Waals surface area contributed by atoms with Crippen molar-refractivity contribution in [3.05, 3.63) is 71.3 Å². The van der Waals surface area contributed by atoms with Crippen molar-refractivity contribution in [2.45, 2.75) is 6.54 Å². The fourth-order valence-electron chi connectivity index (χ4n) is 2.63. The molecule has 0 spiro atoms. The zero-order chi connectivity index (χ0) is 18.5. The summed E-state index contributed by atoms with van der Waals surface area (Å²) >= 11 is 11.3. The van der Waals surface area contributed by atoms with Crippen LogP contribution in [0.4, 0.5) is 10.1 Å². The summed E-state index contributed by atoms with van der Waals surface area (Å²) in [5.74, 6) is -0.445. The summed E-state index contributed by atoms with van der Waals surface area (Å²) in [5.41, 5.74) is 7.36. The summed E-state index contributed by atoms with van der Waals surface area (Å²) in [6, 6.07) is 12.6. The molecule has 27 heavy (non-hydrogen) atoms. The summed E-state index contributed by atoms with van der Waals surface area (Å²) in [6.45, 7) is 1.42. The Kier molecular flexibility index (Phi) is 7.74. The molecule has 0 saturated heterocycles. The van der Waals surface area contributed by atoms with Gasteiger partial charge in [0.05, 0.1) is 5.02 Å². The van der Waals surface area contributed by atoms with E-state index in [1.807, 2.05) is 35.4 Å². The lowest BCUT2D eigenvalue weighted by atomic mass is 10.1. The SMILES string of the molecule is Cl.NCCN(Cc1ccc(Cl)c(F)c1)C(=S)Nc1ccc2cnccc2c1. The third kappa shape index (κ3) is 5.49. The molecule has 1 heterocycles. The van der Waals surface area contributed by atoms with Gasteiger partial charge < -0.3 is 16.0 Å². The van der Waals surface area contributed by atoms with E-state index in [0.29, 0.717) is 24.7 Å². The Labute approximate surface area is 173 Å². The third-order valence-corrected chi connectivity index (χ3v) is 4.60. The first-order valence-corrected chi connectivity index (χ1v) is 8.89. The van der Waals surface area contributed by atoms with Gasteiger partial charge in [-0.15, -0.1) is 12.4 Å². The molecule has 0 saturated carbocycles. The molecule has 3 N–H and O–H groups in total. The van der Waals surface area contributed by atoms with E-state index >= 15 is 0 Å². The molecule has 142 valence electrons. The van der Waals surface area contributed by atoms with Crippen LogP contribution in [0.1, 0.15) is 5.56 Å². The number of thiocarbonyl (C=S) groups is 1. The van der Waals surface area contributed by atoms with Crippen molar-refractivity contribution < 1.29 is 4.39 Å². The van der Waals surface area contributed by atoms with Crippen LogP contribution in [0.3, 0.4) is 0 Å². The molecule has 0 amide bonds. The fourth-order valence-corrected chi connectivity index (χ4v) is 3.02. The molecule has 3 aromatic rings. The van der Waals surface area contributed by atoms with Gasteiger partial charge in [-0.1, -0.05) is 23.7 Å². The van der Waals surface area contributed by atoms with Crippen LogP contribution < -0.4 is 11.1 Å². The van der Waals surface area contributed by atoms with E-state index in [1.54, 1.807) is 18.3 Å². The lowest BCUT2D eigenvalue weighted by Crippen LogP contribution is -2.37.